The van der Waals surface area contributed by atoms with Crippen LogP contribution in [-0.4, -0.2) is 16.1 Å². The van der Waals surface area contributed by atoms with Crippen LogP contribution in [0.5, 0.6) is 0 Å². The van der Waals surface area contributed by atoms with E-state index in [0.717, 1.165) is 11.1 Å². The first kappa shape index (κ1) is 11.1. The molecule has 0 saturated carbocycles. The molecule has 0 radical (unpaired) electrons. The maximum absolute atomic E-state index is 10.8. The summed E-state index contributed by atoms with van der Waals surface area (Å²) in [4.78, 5) is 14.8. The number of rotatable bonds is 2. The van der Waals surface area contributed by atoms with Crippen molar-refractivity contribution in [2.75, 3.05) is 5.73 Å². The number of benzene rings is 1. The summed E-state index contributed by atoms with van der Waals surface area (Å²) in [6, 6.07) is 9.16. The van der Waals surface area contributed by atoms with Crippen molar-refractivity contribution in [3.63, 3.8) is 0 Å². The van der Waals surface area contributed by atoms with E-state index >= 15 is 0 Å². The van der Waals surface area contributed by atoms with Gasteiger partial charge in [0, 0.05) is 11.8 Å². The lowest BCUT2D eigenvalue weighted by Gasteiger charge is -2.06. The Hall–Kier alpha value is -2.36. The number of aromatic carboxylic acids is 1. The van der Waals surface area contributed by atoms with Crippen molar-refractivity contribution < 1.29 is 9.90 Å². The first-order valence-corrected chi connectivity index (χ1v) is 5.14. The van der Waals surface area contributed by atoms with Gasteiger partial charge in [-0.3, -0.25) is 4.98 Å². The molecule has 0 atom stereocenters. The van der Waals surface area contributed by atoms with Gasteiger partial charge in [0.05, 0.1) is 16.9 Å². The summed E-state index contributed by atoms with van der Waals surface area (Å²) in [5, 5.41) is 8.81. The highest BCUT2D eigenvalue weighted by Crippen LogP contribution is 2.24. The molecule has 86 valence electrons. The van der Waals surface area contributed by atoms with Crippen molar-refractivity contribution in [2.45, 2.75) is 6.92 Å². The zero-order chi connectivity index (χ0) is 12.4. The number of carboxylic acid groups (broad SMARTS) is 1. The lowest BCUT2D eigenvalue weighted by Crippen LogP contribution is -2.01. The molecule has 2 rings (SSSR count). The average Bonchev–Trinajstić information content (AvgIpc) is 2.30. The van der Waals surface area contributed by atoms with Crippen LogP contribution >= 0.6 is 0 Å². The van der Waals surface area contributed by atoms with Gasteiger partial charge in [0.15, 0.2) is 0 Å². The number of nitrogens with two attached hydrogens (primary N) is 1. The predicted molar refractivity (Wildman–Crippen MR) is 65.8 cm³/mol. The number of nitrogens with zero attached hydrogens (tertiary/aromatic N) is 1. The van der Waals surface area contributed by atoms with Crippen molar-refractivity contribution in [1.82, 2.24) is 4.98 Å². The molecule has 0 fully saturated rings. The van der Waals surface area contributed by atoms with E-state index in [-0.39, 0.29) is 5.56 Å². The molecule has 0 aliphatic heterocycles. The van der Waals surface area contributed by atoms with Crippen LogP contribution in [0.2, 0.25) is 0 Å². The fraction of sp³-hybridized carbons (Fsp3) is 0.0769. The summed E-state index contributed by atoms with van der Waals surface area (Å²) < 4.78 is 0. The first-order valence-electron chi connectivity index (χ1n) is 5.14. The van der Waals surface area contributed by atoms with Crippen LogP contribution < -0.4 is 5.73 Å². The molecule has 0 unspecified atom stereocenters. The minimum atomic E-state index is -1.03. The van der Waals surface area contributed by atoms with E-state index < -0.39 is 5.97 Å². The number of anilines is 1. The number of pyridine rings is 1. The predicted octanol–water partition coefficient (Wildman–Crippen LogP) is 2.34. The van der Waals surface area contributed by atoms with E-state index in [2.05, 4.69) is 4.98 Å². The second-order valence-corrected chi connectivity index (χ2v) is 3.83. The van der Waals surface area contributed by atoms with Gasteiger partial charge in [-0.1, -0.05) is 29.8 Å². The number of hydrogen-bond acceptors (Lipinski definition) is 3. The Labute approximate surface area is 98.7 Å². The number of aromatic nitrogens is 1. The topological polar surface area (TPSA) is 76.2 Å². The van der Waals surface area contributed by atoms with Gasteiger partial charge in [0.2, 0.25) is 0 Å². The molecule has 0 aliphatic rings. The third kappa shape index (κ3) is 2.25. The van der Waals surface area contributed by atoms with Gasteiger partial charge in [-0.05, 0) is 13.0 Å². The molecule has 1 aromatic heterocycles. The van der Waals surface area contributed by atoms with E-state index in [1.165, 1.54) is 12.3 Å². The Kier molecular flexibility index (Phi) is 2.78. The number of aryl methyl sites for hydroxylation is 1. The molecule has 1 aromatic carbocycles. The third-order valence-corrected chi connectivity index (χ3v) is 2.49. The zero-order valence-corrected chi connectivity index (χ0v) is 9.34. The smallest absolute Gasteiger partial charge is 0.337 e. The molecule has 2 aromatic rings. The van der Waals surface area contributed by atoms with Crippen LogP contribution in [-0.2, 0) is 0 Å². The van der Waals surface area contributed by atoms with Gasteiger partial charge in [0.1, 0.15) is 0 Å². The summed E-state index contributed by atoms with van der Waals surface area (Å²) >= 11 is 0. The maximum Gasteiger partial charge on any atom is 0.337 e. The lowest BCUT2D eigenvalue weighted by atomic mass is 10.1. The fourth-order valence-corrected chi connectivity index (χ4v) is 1.55. The van der Waals surface area contributed by atoms with Crippen LogP contribution in [0.15, 0.2) is 36.5 Å². The van der Waals surface area contributed by atoms with Gasteiger partial charge in [0.25, 0.3) is 0 Å². The van der Waals surface area contributed by atoms with Gasteiger partial charge in [-0.2, -0.15) is 0 Å². The highest BCUT2D eigenvalue weighted by atomic mass is 16.4. The normalized spacial score (nSPS) is 10.2. The summed E-state index contributed by atoms with van der Waals surface area (Å²) in [6.07, 6.45) is 1.31. The SMILES string of the molecule is Cc1ccc(-c2ncc(C(=O)O)cc2N)cc1. The van der Waals surface area contributed by atoms with E-state index in [4.69, 9.17) is 10.8 Å². The minimum Gasteiger partial charge on any atom is -0.478 e. The summed E-state index contributed by atoms with van der Waals surface area (Å²) in [6.45, 7) is 1.99. The molecule has 3 N–H and O–H groups in total. The van der Waals surface area contributed by atoms with Gasteiger partial charge >= 0.3 is 5.97 Å². The van der Waals surface area contributed by atoms with E-state index in [1.807, 2.05) is 31.2 Å². The number of nitrogen functional groups attached to an aromatic ring is 1. The van der Waals surface area contributed by atoms with Crippen molar-refractivity contribution in [3.8, 4) is 11.3 Å². The second kappa shape index (κ2) is 4.25. The molecular formula is C13H12N2O2. The molecule has 0 saturated heterocycles. The zero-order valence-electron chi connectivity index (χ0n) is 9.34. The highest BCUT2D eigenvalue weighted by Gasteiger charge is 2.09. The largest absolute Gasteiger partial charge is 0.478 e. The van der Waals surface area contributed by atoms with E-state index in [9.17, 15) is 4.79 Å². The Bertz CT molecular complexity index is 562. The Morgan fingerprint density at radius 2 is 1.94 bits per heavy atom. The molecule has 0 aliphatic carbocycles. The quantitative estimate of drug-likeness (QED) is 0.827. The monoisotopic (exact) mass is 228 g/mol. The summed E-state index contributed by atoms with van der Waals surface area (Å²) in [7, 11) is 0. The van der Waals surface area contributed by atoms with Crippen molar-refractivity contribution in [3.05, 3.63) is 47.7 Å². The molecule has 0 bridgehead atoms. The number of hydrogen-bond donors (Lipinski definition) is 2. The lowest BCUT2D eigenvalue weighted by molar-refractivity contribution is 0.0696. The van der Waals surface area contributed by atoms with Crippen LogP contribution in [0.3, 0.4) is 0 Å². The first-order chi connectivity index (χ1) is 8.08. The maximum atomic E-state index is 10.8. The molecule has 1 heterocycles. The van der Waals surface area contributed by atoms with Crippen molar-refractivity contribution in [1.29, 1.82) is 0 Å². The molecule has 17 heavy (non-hydrogen) atoms. The van der Waals surface area contributed by atoms with Gasteiger partial charge in [-0.15, -0.1) is 0 Å². The number of carbonyl (C=O) groups is 1. The van der Waals surface area contributed by atoms with Gasteiger partial charge in [-0.25, -0.2) is 4.79 Å². The summed E-state index contributed by atoms with van der Waals surface area (Å²) in [5.74, 6) is -1.03. The molecule has 4 nitrogen and oxygen atoms in total. The second-order valence-electron chi connectivity index (χ2n) is 3.83. The van der Waals surface area contributed by atoms with Crippen LogP contribution in [0.4, 0.5) is 5.69 Å². The number of carboxylic acids is 1. The molecule has 0 amide bonds. The fourth-order valence-electron chi connectivity index (χ4n) is 1.55. The Balaban J connectivity index is 2.46. The van der Waals surface area contributed by atoms with E-state index in [0.29, 0.717) is 11.4 Å². The van der Waals surface area contributed by atoms with Crippen molar-refractivity contribution in [2.24, 2.45) is 0 Å². The average molecular weight is 228 g/mol. The van der Waals surface area contributed by atoms with E-state index in [1.54, 1.807) is 0 Å². The molecule has 4 heteroatoms. The van der Waals surface area contributed by atoms with Crippen LogP contribution in [0, 0.1) is 6.92 Å². The molecular weight excluding hydrogens is 216 g/mol. The molecule has 0 spiro atoms. The minimum absolute atomic E-state index is 0.0957. The Morgan fingerprint density at radius 1 is 1.29 bits per heavy atom. The van der Waals surface area contributed by atoms with Gasteiger partial charge < -0.3 is 10.8 Å². The van der Waals surface area contributed by atoms with Crippen molar-refractivity contribution >= 4 is 11.7 Å². The highest BCUT2D eigenvalue weighted by molar-refractivity contribution is 5.89. The Morgan fingerprint density at radius 3 is 2.47 bits per heavy atom. The third-order valence-electron chi connectivity index (χ3n) is 2.49. The van der Waals surface area contributed by atoms with Crippen LogP contribution in [0.25, 0.3) is 11.3 Å². The van der Waals surface area contributed by atoms with Crippen LogP contribution in [0.1, 0.15) is 15.9 Å². The summed E-state index contributed by atoms with van der Waals surface area (Å²) in [5.41, 5.74) is 8.90. The standard InChI is InChI=1S/C13H12N2O2/c1-8-2-4-9(5-3-8)12-11(14)6-10(7-15-12)13(16)17/h2-7H,14H2,1H3,(H,16,17).